The second-order valence-electron chi connectivity index (χ2n) is 13.3. The lowest BCUT2D eigenvalue weighted by Gasteiger charge is -2.60. The van der Waals surface area contributed by atoms with E-state index in [1.165, 1.54) is 25.8 Å². The average molecular weight is 694 g/mol. The number of piperazine rings is 1. The molecule has 0 saturated carbocycles. The summed E-state index contributed by atoms with van der Waals surface area (Å²) in [4.78, 5) is 43.2. The predicted octanol–water partition coefficient (Wildman–Crippen LogP) is 3.95. The third-order valence-electron chi connectivity index (χ3n) is 10.3. The Balaban J connectivity index is 1.53. The highest BCUT2D eigenvalue weighted by atomic mass is 32.2. The molecule has 7 heterocycles. The average Bonchev–Trinajstić information content (AvgIpc) is 3.46. The zero-order valence-corrected chi connectivity index (χ0v) is 29.1. The number of likely N-dealkylation sites (N-methyl/N-ethyl adjacent to an activating group) is 1. The molecule has 0 spiro atoms. The molecule has 260 valence electrons. The first-order valence-electron chi connectivity index (χ1n) is 16.4. The first-order chi connectivity index (χ1) is 23.5. The molecule has 4 bridgehead atoms. The number of thioether (sulfide) groups is 1. The monoisotopic (exact) mass is 693 g/mol. The van der Waals surface area contributed by atoms with Gasteiger partial charge in [-0.15, -0.1) is 11.8 Å². The smallest absolute Gasteiger partial charge is 0.348 e. The number of phenolic OH excluding ortho intramolecular Hbond substituents is 1. The Bertz CT molecular complexity index is 1810. The van der Waals surface area contributed by atoms with Gasteiger partial charge in [-0.25, -0.2) is 4.79 Å². The molecule has 49 heavy (non-hydrogen) atoms. The molecule has 7 aliphatic rings. The fourth-order valence-corrected chi connectivity index (χ4v) is 10.0. The van der Waals surface area contributed by atoms with Crippen molar-refractivity contribution in [3.05, 3.63) is 39.4 Å². The van der Waals surface area contributed by atoms with Gasteiger partial charge in [0.2, 0.25) is 12.9 Å². The number of ether oxygens (including phenoxy) is 6. The van der Waals surface area contributed by atoms with Gasteiger partial charge in [0, 0.05) is 60.4 Å². The van der Waals surface area contributed by atoms with Gasteiger partial charge in [-0.3, -0.25) is 19.4 Å². The number of methoxy groups -OCH3 is 1. The van der Waals surface area contributed by atoms with E-state index < -0.39 is 52.9 Å². The van der Waals surface area contributed by atoms with Crippen molar-refractivity contribution < 1.29 is 47.9 Å². The summed E-state index contributed by atoms with van der Waals surface area (Å²) in [7, 11) is 3.44. The van der Waals surface area contributed by atoms with Crippen molar-refractivity contribution in [2.45, 2.75) is 82.0 Å². The lowest BCUT2D eigenvalue weighted by atomic mass is 9.76. The van der Waals surface area contributed by atoms with Crippen molar-refractivity contribution in [3.63, 3.8) is 0 Å². The minimum atomic E-state index is -1.19. The van der Waals surface area contributed by atoms with Crippen LogP contribution in [0.2, 0.25) is 0 Å². The van der Waals surface area contributed by atoms with Gasteiger partial charge in [0.25, 0.3) is 0 Å². The van der Waals surface area contributed by atoms with Gasteiger partial charge >= 0.3 is 17.9 Å². The van der Waals surface area contributed by atoms with E-state index in [0.717, 1.165) is 11.1 Å². The topological polar surface area (TPSA) is 157 Å². The maximum Gasteiger partial charge on any atom is 0.348 e. The van der Waals surface area contributed by atoms with Gasteiger partial charge in [0.05, 0.1) is 30.5 Å². The van der Waals surface area contributed by atoms with Gasteiger partial charge in [0.15, 0.2) is 23.0 Å². The van der Waals surface area contributed by atoms with Gasteiger partial charge in [-0.1, -0.05) is 13.0 Å². The van der Waals surface area contributed by atoms with E-state index in [-0.39, 0.29) is 37.7 Å². The number of hydrogen-bond donors (Lipinski definition) is 1. The molecule has 2 unspecified atom stereocenters. The van der Waals surface area contributed by atoms with E-state index >= 15 is 0 Å². The van der Waals surface area contributed by atoms with Crippen LogP contribution in [0.15, 0.2) is 6.07 Å². The minimum Gasteiger partial charge on any atom is -0.504 e. The molecule has 14 heteroatoms. The number of carbonyl (C=O) groups is 3. The van der Waals surface area contributed by atoms with Crippen molar-refractivity contribution in [2.75, 3.05) is 39.9 Å². The van der Waals surface area contributed by atoms with Crippen LogP contribution in [0.1, 0.15) is 77.4 Å². The molecule has 2 fully saturated rings. The zero-order chi connectivity index (χ0) is 34.9. The molecule has 0 radical (unpaired) electrons. The van der Waals surface area contributed by atoms with E-state index in [9.17, 15) is 24.8 Å². The zero-order valence-electron chi connectivity index (χ0n) is 28.3. The quantitative estimate of drug-likeness (QED) is 0.355. The van der Waals surface area contributed by atoms with Crippen molar-refractivity contribution in [1.82, 2.24) is 9.80 Å². The number of aryl methyl sites for hydroxylation is 1. The van der Waals surface area contributed by atoms with E-state index in [1.54, 1.807) is 6.92 Å². The van der Waals surface area contributed by atoms with Crippen LogP contribution in [0.25, 0.3) is 0 Å². The SMILES string of the molecule is CCCC(=O)O[C@H]1CS[C@@H]2c3c(OC(C)=O)c(C)c4c(c3[C@H](COC1=O)N1C2[C@H]2c3c(cc(C)c(OC)c3O)C[C@]1(C#N)CN2C)OCO4. The van der Waals surface area contributed by atoms with Crippen LogP contribution in [0, 0.1) is 25.2 Å². The van der Waals surface area contributed by atoms with Crippen molar-refractivity contribution in [2.24, 2.45) is 0 Å². The number of phenols is 1. The Morgan fingerprint density at radius 3 is 2.61 bits per heavy atom. The summed E-state index contributed by atoms with van der Waals surface area (Å²) in [5, 5.41) is 22.5. The third-order valence-corrected chi connectivity index (χ3v) is 11.6. The molecule has 9 rings (SSSR count). The molecule has 7 aliphatic heterocycles. The highest BCUT2D eigenvalue weighted by Gasteiger charge is 2.63. The number of nitrogens with zero attached hydrogens (tertiary/aromatic N) is 3. The molecule has 13 nitrogen and oxygen atoms in total. The molecule has 7 atom stereocenters. The lowest BCUT2D eigenvalue weighted by molar-refractivity contribution is -0.170. The highest BCUT2D eigenvalue weighted by molar-refractivity contribution is 7.99. The first kappa shape index (κ1) is 33.3. The Morgan fingerprint density at radius 2 is 1.92 bits per heavy atom. The minimum absolute atomic E-state index is 0.00278. The van der Waals surface area contributed by atoms with Crippen molar-refractivity contribution in [3.8, 4) is 34.8 Å². The van der Waals surface area contributed by atoms with Crippen LogP contribution in [-0.4, -0.2) is 90.4 Å². The number of nitriles is 1. The normalized spacial score (nSPS) is 29.4. The summed E-state index contributed by atoms with van der Waals surface area (Å²) in [6.07, 6.45) is -0.224. The number of hydrogen-bond acceptors (Lipinski definition) is 14. The van der Waals surface area contributed by atoms with Crippen LogP contribution in [0.5, 0.6) is 28.7 Å². The Kier molecular flexibility index (Phi) is 8.36. The Labute approximate surface area is 288 Å². The number of fused-ring (bicyclic) bond motifs is 7. The summed E-state index contributed by atoms with van der Waals surface area (Å²) in [5.41, 5.74) is 2.87. The van der Waals surface area contributed by atoms with Crippen LogP contribution in [0.4, 0.5) is 0 Å². The highest BCUT2D eigenvalue weighted by Crippen LogP contribution is 2.65. The largest absolute Gasteiger partial charge is 0.504 e. The second-order valence-corrected chi connectivity index (χ2v) is 14.5. The number of carbonyl (C=O) groups excluding carboxylic acids is 3. The molecular formula is C35H39N3O10S. The van der Waals surface area contributed by atoms with Crippen LogP contribution in [0.3, 0.4) is 0 Å². The van der Waals surface area contributed by atoms with Crippen LogP contribution >= 0.6 is 11.8 Å². The van der Waals surface area contributed by atoms with Crippen LogP contribution in [-0.2, 0) is 30.3 Å². The molecule has 0 aromatic heterocycles. The second kappa shape index (κ2) is 12.3. The first-order valence-corrected chi connectivity index (χ1v) is 17.4. The van der Waals surface area contributed by atoms with E-state index in [2.05, 4.69) is 15.9 Å². The van der Waals surface area contributed by atoms with Crippen LogP contribution < -0.4 is 18.9 Å². The third kappa shape index (κ3) is 5.00. The number of aromatic hydroxyl groups is 1. The van der Waals surface area contributed by atoms with Crippen molar-refractivity contribution in [1.29, 1.82) is 5.26 Å². The van der Waals surface area contributed by atoms with Gasteiger partial charge in [0.1, 0.15) is 17.9 Å². The summed E-state index contributed by atoms with van der Waals surface area (Å²) in [6, 6.07) is 2.83. The van der Waals surface area contributed by atoms with Gasteiger partial charge in [-0.05, 0) is 38.4 Å². The van der Waals surface area contributed by atoms with Gasteiger partial charge in [-0.2, -0.15) is 5.26 Å². The maximum atomic E-state index is 13.6. The summed E-state index contributed by atoms with van der Waals surface area (Å²) in [5.74, 6) is -0.186. The molecule has 2 aromatic rings. The lowest BCUT2D eigenvalue weighted by Crippen LogP contribution is -2.69. The summed E-state index contributed by atoms with van der Waals surface area (Å²) >= 11 is 1.35. The number of rotatable bonds is 5. The molecule has 2 aromatic carbocycles. The fourth-order valence-electron chi connectivity index (χ4n) is 8.56. The maximum absolute atomic E-state index is 13.6. The molecule has 2 saturated heterocycles. The predicted molar refractivity (Wildman–Crippen MR) is 175 cm³/mol. The standard InChI is InChI=1S/C35H39N3O10S/c1-7-8-22(40)48-21-12-49-33-25-24(32-31(45-15-46-32)17(3)30(25)47-18(4)39)20(11-44-34(21)42)38-27(33)26-23-19(9-16(2)29(43-6)28(23)41)10-35(38,13-36)14-37(26)5/h9,20-21,26-27,33,41H,7-8,10-12,14-15H2,1-6H3/t20-,21-,26+,27?,33+,35-/m0/s1. The summed E-state index contributed by atoms with van der Waals surface area (Å²) < 4.78 is 35.4. The fraction of sp³-hybridized carbons (Fsp3) is 0.543. The molecular weight excluding hydrogens is 654 g/mol. The number of esters is 3. The number of benzene rings is 2. The Hall–Kier alpha value is -4.19. The van der Waals surface area contributed by atoms with Gasteiger partial charge < -0.3 is 33.5 Å². The van der Waals surface area contributed by atoms with E-state index in [4.69, 9.17) is 28.4 Å². The van der Waals surface area contributed by atoms with E-state index in [0.29, 0.717) is 58.2 Å². The Morgan fingerprint density at radius 1 is 1.16 bits per heavy atom. The van der Waals surface area contributed by atoms with Crippen molar-refractivity contribution >= 4 is 29.7 Å². The van der Waals surface area contributed by atoms with E-state index in [1.807, 2.05) is 27.0 Å². The molecule has 0 aliphatic carbocycles. The molecule has 0 amide bonds. The summed E-state index contributed by atoms with van der Waals surface area (Å²) in [6.45, 7) is 6.86. The molecule has 1 N–H and O–H groups in total.